The lowest BCUT2D eigenvalue weighted by Crippen LogP contribution is -2.18. The summed E-state index contributed by atoms with van der Waals surface area (Å²) in [5.74, 6) is -4.19. The maximum atomic E-state index is 13.1. The third-order valence-corrected chi connectivity index (χ3v) is 11.7. The van der Waals surface area contributed by atoms with Crippen molar-refractivity contribution in [3.8, 4) is 46.0 Å². The number of alkyl halides is 6. The second-order valence-corrected chi connectivity index (χ2v) is 22.1. The number of aromatic carboxylic acids is 1. The number of pyridine rings is 4. The van der Waals surface area contributed by atoms with Crippen LogP contribution in [0.2, 0.25) is 0 Å². The van der Waals surface area contributed by atoms with E-state index in [1.165, 1.54) is 74.9 Å². The Labute approximate surface area is 494 Å². The SMILES string of the molecule is CC(C)(C)N=C(Nc1ccnc(C(N)=O)c1)Sc1ccccc1.COc1cc(OC(F)(F)F)ccc1Oc1cc(C(C)(C)C)ncc1C(=O)Nc1ccnc(C(N)=O)c1.COc1cc(OC(F)(F)F)ccc1Oc1cc(C(C)(C)C)ncc1C(=O)O. The van der Waals surface area contributed by atoms with Crippen LogP contribution in [0.5, 0.6) is 46.0 Å². The predicted molar refractivity (Wildman–Crippen MR) is 309 cm³/mol. The number of primary amides is 2. The molecule has 0 atom stereocenters. The number of ether oxygens (including phenoxy) is 6. The van der Waals surface area contributed by atoms with Crippen LogP contribution in [0.15, 0.2) is 138 Å². The van der Waals surface area contributed by atoms with Crippen molar-refractivity contribution in [1.29, 1.82) is 0 Å². The maximum Gasteiger partial charge on any atom is 0.573 e. The smallest absolute Gasteiger partial charge is 0.493 e. The van der Waals surface area contributed by atoms with Crippen LogP contribution >= 0.6 is 11.8 Å². The molecule has 0 bridgehead atoms. The Hall–Kier alpha value is -9.66. The first kappa shape index (κ1) is 67.1. The molecule has 0 radical (unpaired) electrons. The van der Waals surface area contributed by atoms with E-state index >= 15 is 0 Å². The number of anilines is 2. The lowest BCUT2D eigenvalue weighted by atomic mass is 9.91. The molecule has 7 aromatic rings. The lowest BCUT2D eigenvalue weighted by Gasteiger charge is -2.20. The highest BCUT2D eigenvalue weighted by Gasteiger charge is 2.33. The Morgan fingerprint density at radius 3 is 1.36 bits per heavy atom. The summed E-state index contributed by atoms with van der Waals surface area (Å²) < 4.78 is 104. The molecule has 20 nitrogen and oxygen atoms in total. The van der Waals surface area contributed by atoms with Crippen LogP contribution in [0.1, 0.15) is 115 Å². The number of carbonyl (C=O) groups is 4. The summed E-state index contributed by atoms with van der Waals surface area (Å²) in [7, 11) is 2.49. The van der Waals surface area contributed by atoms with Crippen molar-refractivity contribution in [2.24, 2.45) is 16.5 Å². The number of benzene rings is 3. The molecule has 7 rings (SSSR count). The number of carbonyl (C=O) groups excluding carboxylic acids is 3. The maximum absolute atomic E-state index is 13.1. The van der Waals surface area contributed by atoms with Gasteiger partial charge in [-0.1, -0.05) is 71.5 Å². The Kier molecular flexibility index (Phi) is 22.1. The van der Waals surface area contributed by atoms with Gasteiger partial charge in [-0.05, 0) is 81.4 Å². The van der Waals surface area contributed by atoms with E-state index < -0.39 is 53.3 Å². The molecular formula is C59H61F6N9O11S. The number of amidine groups is 1. The van der Waals surface area contributed by atoms with Crippen LogP contribution in [0, 0.1) is 0 Å². The van der Waals surface area contributed by atoms with Crippen molar-refractivity contribution < 1.29 is 79.0 Å². The molecule has 456 valence electrons. The zero-order valence-electron chi connectivity index (χ0n) is 48.2. The number of hydrogen-bond acceptors (Lipinski definition) is 16. The summed E-state index contributed by atoms with van der Waals surface area (Å²) in [6.07, 6.45) is -4.39. The predicted octanol–water partition coefficient (Wildman–Crippen LogP) is 13.1. The van der Waals surface area contributed by atoms with Gasteiger partial charge in [-0.25, -0.2) is 4.79 Å². The average Bonchev–Trinajstić information content (AvgIpc) is 1.37. The Balaban J connectivity index is 0.000000242. The minimum absolute atomic E-state index is 0.00906. The van der Waals surface area contributed by atoms with Gasteiger partial charge in [0.1, 0.15) is 45.5 Å². The lowest BCUT2D eigenvalue weighted by molar-refractivity contribution is -0.275. The third kappa shape index (κ3) is 21.2. The zero-order chi connectivity index (χ0) is 64.0. The van der Waals surface area contributed by atoms with E-state index in [1.54, 1.807) is 24.4 Å². The molecule has 27 heteroatoms. The number of amides is 3. The number of methoxy groups -OCH3 is 2. The van der Waals surface area contributed by atoms with Crippen molar-refractivity contribution in [3.63, 3.8) is 0 Å². The normalized spacial score (nSPS) is 11.8. The highest BCUT2D eigenvalue weighted by Crippen LogP contribution is 2.40. The third-order valence-electron chi connectivity index (χ3n) is 10.8. The summed E-state index contributed by atoms with van der Waals surface area (Å²) in [4.78, 5) is 69.2. The molecule has 4 aromatic heterocycles. The Bertz CT molecular complexity index is 3570. The van der Waals surface area contributed by atoms with E-state index in [9.17, 15) is 50.6 Å². The van der Waals surface area contributed by atoms with Gasteiger partial charge in [-0.2, -0.15) is 0 Å². The zero-order valence-corrected chi connectivity index (χ0v) is 49.0. The molecule has 0 aliphatic carbocycles. The number of nitrogens with one attached hydrogen (secondary N) is 2. The number of rotatable bonds is 15. The van der Waals surface area contributed by atoms with Gasteiger partial charge in [0, 0.05) is 87.5 Å². The molecule has 0 fully saturated rings. The van der Waals surface area contributed by atoms with Crippen molar-refractivity contribution in [3.05, 3.63) is 162 Å². The van der Waals surface area contributed by atoms with Crippen molar-refractivity contribution in [2.75, 3.05) is 24.9 Å². The molecule has 4 heterocycles. The number of carboxylic acid groups (broad SMARTS) is 1. The molecule has 0 aliphatic heterocycles. The number of aromatic nitrogens is 4. The molecule has 0 aliphatic rings. The molecule has 0 unspecified atom stereocenters. The molecule has 3 amide bonds. The van der Waals surface area contributed by atoms with E-state index in [1.807, 2.05) is 92.6 Å². The number of hydrogen-bond donors (Lipinski definition) is 5. The summed E-state index contributed by atoms with van der Waals surface area (Å²) in [6.45, 7) is 17.5. The van der Waals surface area contributed by atoms with Crippen LogP contribution in [-0.2, 0) is 10.8 Å². The monoisotopic (exact) mass is 1220 g/mol. The quantitative estimate of drug-likeness (QED) is 0.0276. The molecule has 7 N–H and O–H groups in total. The van der Waals surface area contributed by atoms with Gasteiger partial charge in [-0.3, -0.25) is 39.3 Å². The van der Waals surface area contributed by atoms with Crippen molar-refractivity contribution >= 4 is 52.0 Å². The van der Waals surface area contributed by atoms with Gasteiger partial charge in [0.05, 0.1) is 19.8 Å². The molecule has 0 spiro atoms. The van der Waals surface area contributed by atoms with Crippen molar-refractivity contribution in [2.45, 2.75) is 96.3 Å². The van der Waals surface area contributed by atoms with Crippen LogP contribution in [-0.4, -0.2) is 86.4 Å². The molecule has 86 heavy (non-hydrogen) atoms. The fourth-order valence-corrected chi connectivity index (χ4v) is 7.88. The van der Waals surface area contributed by atoms with E-state index in [-0.39, 0.29) is 73.7 Å². The number of nitrogens with zero attached hydrogens (tertiary/aromatic N) is 5. The van der Waals surface area contributed by atoms with Gasteiger partial charge in [-0.15, -0.1) is 26.3 Å². The van der Waals surface area contributed by atoms with Gasteiger partial charge in [0.25, 0.3) is 17.7 Å². The van der Waals surface area contributed by atoms with E-state index in [0.29, 0.717) is 11.4 Å². The molecular weight excluding hydrogens is 1160 g/mol. The van der Waals surface area contributed by atoms with Crippen LogP contribution < -0.4 is 50.5 Å². The summed E-state index contributed by atoms with van der Waals surface area (Å²) in [5.41, 5.74) is 11.6. The van der Waals surface area contributed by atoms with Crippen molar-refractivity contribution in [1.82, 2.24) is 19.9 Å². The number of thioether (sulfide) groups is 1. The van der Waals surface area contributed by atoms with Gasteiger partial charge < -0.3 is 55.6 Å². The minimum Gasteiger partial charge on any atom is -0.493 e. The number of halogens is 6. The van der Waals surface area contributed by atoms with Crippen LogP contribution in [0.25, 0.3) is 0 Å². The summed E-state index contributed by atoms with van der Waals surface area (Å²) >= 11 is 1.53. The Morgan fingerprint density at radius 2 is 0.965 bits per heavy atom. The minimum atomic E-state index is -4.88. The fourth-order valence-electron chi connectivity index (χ4n) is 6.88. The van der Waals surface area contributed by atoms with E-state index in [2.05, 4.69) is 40.0 Å². The fraction of sp³-hybridized carbons (Fsp3) is 0.271. The summed E-state index contributed by atoms with van der Waals surface area (Å²) in [6, 6.07) is 25.7. The van der Waals surface area contributed by atoms with Gasteiger partial charge in [0.15, 0.2) is 28.2 Å². The largest absolute Gasteiger partial charge is 0.573 e. The second kappa shape index (κ2) is 28.3. The summed E-state index contributed by atoms with van der Waals surface area (Å²) in [5, 5.41) is 15.9. The highest BCUT2D eigenvalue weighted by molar-refractivity contribution is 8.14. The molecule has 0 saturated carbocycles. The molecule has 0 saturated heterocycles. The number of carboxylic acids is 1. The average molecular weight is 1220 g/mol. The first-order chi connectivity index (χ1) is 40.0. The Morgan fingerprint density at radius 1 is 0.535 bits per heavy atom. The van der Waals surface area contributed by atoms with Crippen LogP contribution in [0.3, 0.4) is 0 Å². The standard InChI is InChI=1S/C24H23F3N4O5.C18H18F3NO5.C17H20N4OS/c1-23(2,3)20-11-18(35-17-6-5-14(10-19(17)34-4)36-24(25,26)27)15(12-30-20)22(33)31-13-7-8-29-16(9-13)21(28)32;1-17(2,3)15-8-13(11(9-22-15)16(23)24)26-12-6-5-10(7-14(12)25-4)27-18(19,20)21;1-17(2,3)21-16(23-13-7-5-4-6-8-13)20-12-9-10-19-14(11-12)15(18)22/h5-12H,1-4H3,(H2,28,32)(H,29,31,33);5-9H,1-4H3,(H,23,24);4-11H,1-3H3,(H2,18,22)(H,19,20,21). The number of nitrogens with two attached hydrogens (primary N) is 2. The highest BCUT2D eigenvalue weighted by atomic mass is 32.2. The van der Waals surface area contributed by atoms with Gasteiger partial charge in [0.2, 0.25) is 0 Å². The molecule has 3 aromatic carbocycles. The first-order valence-corrected chi connectivity index (χ1v) is 26.2. The number of aliphatic imine (C=N–C) groups is 1. The second-order valence-electron chi connectivity index (χ2n) is 21.0. The van der Waals surface area contributed by atoms with E-state index in [4.69, 9.17) is 35.4 Å². The van der Waals surface area contributed by atoms with E-state index in [0.717, 1.165) is 40.0 Å². The van der Waals surface area contributed by atoms with Crippen LogP contribution in [0.4, 0.5) is 37.7 Å². The topological polar surface area (TPSA) is 284 Å². The first-order valence-electron chi connectivity index (χ1n) is 25.4. The van der Waals surface area contributed by atoms with Gasteiger partial charge >= 0.3 is 18.7 Å².